The number of rotatable bonds is 6. The van der Waals surface area contributed by atoms with Gasteiger partial charge in [-0.15, -0.1) is 0 Å². The topological polar surface area (TPSA) is 95.1 Å². The zero-order chi connectivity index (χ0) is 16.8. The fourth-order valence-electron chi connectivity index (χ4n) is 2.45. The summed E-state index contributed by atoms with van der Waals surface area (Å²) in [5.41, 5.74) is -0.335. The number of aromatic hydroxyl groups is 1. The van der Waals surface area contributed by atoms with Gasteiger partial charge in [-0.25, -0.2) is 0 Å². The van der Waals surface area contributed by atoms with E-state index in [2.05, 4.69) is 5.32 Å². The minimum Gasteiger partial charge on any atom is -0.506 e. The SMILES string of the molecule is CCCCNC(=O)c1c(O)c2ccccc2n(CCC#N)c1=O. The van der Waals surface area contributed by atoms with Crippen LogP contribution in [0.3, 0.4) is 0 Å². The number of nitrogens with zero attached hydrogens (tertiary/aromatic N) is 2. The van der Waals surface area contributed by atoms with Crippen LogP contribution in [0.5, 0.6) is 5.75 Å². The second-order valence-corrected chi connectivity index (χ2v) is 5.22. The number of hydrogen-bond acceptors (Lipinski definition) is 4. The van der Waals surface area contributed by atoms with E-state index in [-0.39, 0.29) is 24.3 Å². The number of hydrogen-bond donors (Lipinski definition) is 2. The smallest absolute Gasteiger partial charge is 0.267 e. The maximum Gasteiger partial charge on any atom is 0.267 e. The van der Waals surface area contributed by atoms with Crippen molar-refractivity contribution in [1.29, 1.82) is 5.26 Å². The number of para-hydroxylation sites is 1. The molecule has 0 bridgehead atoms. The molecule has 0 radical (unpaired) electrons. The van der Waals surface area contributed by atoms with E-state index in [0.717, 1.165) is 12.8 Å². The van der Waals surface area contributed by atoms with Gasteiger partial charge in [0.05, 0.1) is 18.0 Å². The summed E-state index contributed by atoms with van der Waals surface area (Å²) in [4.78, 5) is 24.9. The first kappa shape index (κ1) is 16.6. The Morgan fingerprint density at radius 3 is 2.83 bits per heavy atom. The molecular formula is C17H19N3O3. The van der Waals surface area contributed by atoms with E-state index >= 15 is 0 Å². The molecule has 0 unspecified atom stereocenters. The Morgan fingerprint density at radius 1 is 1.39 bits per heavy atom. The fourth-order valence-corrected chi connectivity index (χ4v) is 2.45. The highest BCUT2D eigenvalue weighted by molar-refractivity contribution is 6.02. The molecule has 1 aromatic carbocycles. The third-order valence-electron chi connectivity index (χ3n) is 3.64. The molecule has 0 spiro atoms. The van der Waals surface area contributed by atoms with Crippen LogP contribution in [0, 0.1) is 11.3 Å². The number of aryl methyl sites for hydroxylation is 1. The summed E-state index contributed by atoms with van der Waals surface area (Å²) in [6.45, 7) is 2.61. The van der Waals surface area contributed by atoms with Gasteiger partial charge in [-0.05, 0) is 18.6 Å². The third kappa shape index (κ3) is 3.34. The van der Waals surface area contributed by atoms with Crippen LogP contribution < -0.4 is 10.9 Å². The highest BCUT2D eigenvalue weighted by Crippen LogP contribution is 2.26. The van der Waals surface area contributed by atoms with Crippen LogP contribution in [0.15, 0.2) is 29.1 Å². The molecule has 0 aliphatic rings. The predicted octanol–water partition coefficient (Wildman–Crippen LogP) is 2.15. The summed E-state index contributed by atoms with van der Waals surface area (Å²) in [6.07, 6.45) is 1.85. The van der Waals surface area contributed by atoms with Crippen LogP contribution in [0.25, 0.3) is 10.9 Å². The zero-order valence-corrected chi connectivity index (χ0v) is 13.0. The van der Waals surface area contributed by atoms with Crippen molar-refractivity contribution < 1.29 is 9.90 Å². The molecule has 2 N–H and O–H groups in total. The van der Waals surface area contributed by atoms with Crippen LogP contribution in [-0.4, -0.2) is 22.1 Å². The molecule has 1 aromatic heterocycles. The second kappa shape index (κ2) is 7.45. The lowest BCUT2D eigenvalue weighted by molar-refractivity contribution is 0.0948. The van der Waals surface area contributed by atoms with Crippen LogP contribution in [-0.2, 0) is 6.54 Å². The normalized spacial score (nSPS) is 10.4. The molecule has 0 aliphatic carbocycles. The van der Waals surface area contributed by atoms with Gasteiger partial charge in [-0.1, -0.05) is 25.5 Å². The van der Waals surface area contributed by atoms with E-state index in [1.54, 1.807) is 24.3 Å². The molecule has 120 valence electrons. The molecule has 1 amide bonds. The lowest BCUT2D eigenvalue weighted by atomic mass is 10.1. The van der Waals surface area contributed by atoms with Crippen molar-refractivity contribution >= 4 is 16.8 Å². The Bertz CT molecular complexity index is 818. The lowest BCUT2D eigenvalue weighted by Gasteiger charge is -2.14. The number of benzene rings is 1. The van der Waals surface area contributed by atoms with E-state index < -0.39 is 11.5 Å². The maximum atomic E-state index is 12.6. The number of nitriles is 1. The number of aromatic nitrogens is 1. The van der Waals surface area contributed by atoms with Crippen molar-refractivity contribution in [3.8, 4) is 11.8 Å². The summed E-state index contributed by atoms with van der Waals surface area (Å²) in [7, 11) is 0. The van der Waals surface area contributed by atoms with Gasteiger partial charge in [0.15, 0.2) is 0 Å². The molecule has 0 saturated carbocycles. The molecule has 0 aliphatic heterocycles. The largest absolute Gasteiger partial charge is 0.506 e. The number of carbonyl (C=O) groups excluding carboxylic acids is 1. The van der Waals surface area contributed by atoms with Crippen LogP contribution in [0.2, 0.25) is 0 Å². The van der Waals surface area contributed by atoms with Crippen molar-refractivity contribution in [3.05, 3.63) is 40.2 Å². The molecule has 23 heavy (non-hydrogen) atoms. The summed E-state index contributed by atoms with van der Waals surface area (Å²) in [6, 6.07) is 8.79. The first-order chi connectivity index (χ1) is 11.1. The van der Waals surface area contributed by atoms with Gasteiger partial charge in [0.25, 0.3) is 11.5 Å². The first-order valence-corrected chi connectivity index (χ1v) is 7.61. The van der Waals surface area contributed by atoms with Gasteiger partial charge in [-0.3, -0.25) is 9.59 Å². The van der Waals surface area contributed by atoms with Crippen molar-refractivity contribution in [1.82, 2.24) is 9.88 Å². The molecular weight excluding hydrogens is 294 g/mol. The highest BCUT2D eigenvalue weighted by Gasteiger charge is 2.21. The number of amides is 1. The molecule has 0 saturated heterocycles. The summed E-state index contributed by atoms with van der Waals surface area (Å²) in [5.74, 6) is -0.898. The average molecular weight is 313 g/mol. The molecule has 6 nitrogen and oxygen atoms in total. The van der Waals surface area contributed by atoms with Gasteiger partial charge >= 0.3 is 0 Å². The van der Waals surface area contributed by atoms with Gasteiger partial charge in [0.1, 0.15) is 11.3 Å². The van der Waals surface area contributed by atoms with E-state index in [1.165, 1.54) is 4.57 Å². The van der Waals surface area contributed by atoms with Gasteiger partial charge in [0.2, 0.25) is 0 Å². The number of carbonyl (C=O) groups is 1. The quantitative estimate of drug-likeness (QED) is 0.799. The van der Waals surface area contributed by atoms with Crippen molar-refractivity contribution in [2.24, 2.45) is 0 Å². The van der Waals surface area contributed by atoms with E-state index in [9.17, 15) is 14.7 Å². The molecule has 0 atom stereocenters. The van der Waals surface area contributed by atoms with Crippen LogP contribution in [0.1, 0.15) is 36.5 Å². The minimum atomic E-state index is -0.586. The van der Waals surface area contributed by atoms with Crippen LogP contribution >= 0.6 is 0 Å². The highest BCUT2D eigenvalue weighted by atomic mass is 16.3. The van der Waals surface area contributed by atoms with E-state index in [1.807, 2.05) is 13.0 Å². The first-order valence-electron chi connectivity index (χ1n) is 7.61. The number of fused-ring (bicyclic) bond motifs is 1. The van der Waals surface area contributed by atoms with Crippen molar-refractivity contribution in [2.45, 2.75) is 32.7 Å². The Hall–Kier alpha value is -2.81. The Labute approximate surface area is 134 Å². The molecule has 6 heteroatoms. The van der Waals surface area contributed by atoms with Gasteiger partial charge in [-0.2, -0.15) is 5.26 Å². The molecule has 2 aromatic rings. The summed E-state index contributed by atoms with van der Waals surface area (Å²) < 4.78 is 1.37. The zero-order valence-electron chi connectivity index (χ0n) is 13.0. The third-order valence-corrected chi connectivity index (χ3v) is 3.64. The summed E-state index contributed by atoms with van der Waals surface area (Å²) >= 11 is 0. The van der Waals surface area contributed by atoms with E-state index in [4.69, 9.17) is 5.26 Å². The maximum absolute atomic E-state index is 12.6. The summed E-state index contributed by atoms with van der Waals surface area (Å²) in [5, 5.41) is 22.2. The fraction of sp³-hybridized carbons (Fsp3) is 0.353. The number of pyridine rings is 1. The number of nitrogens with one attached hydrogen (secondary N) is 1. The molecule has 1 heterocycles. The Kier molecular flexibility index (Phi) is 5.36. The number of unbranched alkanes of at least 4 members (excludes halogenated alkanes) is 1. The van der Waals surface area contributed by atoms with Crippen LogP contribution in [0.4, 0.5) is 0 Å². The van der Waals surface area contributed by atoms with Crippen molar-refractivity contribution in [3.63, 3.8) is 0 Å². The van der Waals surface area contributed by atoms with Gasteiger partial charge in [0, 0.05) is 18.5 Å². The minimum absolute atomic E-state index is 0.144. The Morgan fingerprint density at radius 2 is 2.13 bits per heavy atom. The Balaban J connectivity index is 2.58. The predicted molar refractivity (Wildman–Crippen MR) is 87.3 cm³/mol. The second-order valence-electron chi connectivity index (χ2n) is 5.22. The monoisotopic (exact) mass is 313 g/mol. The lowest BCUT2D eigenvalue weighted by Crippen LogP contribution is -2.34. The van der Waals surface area contributed by atoms with E-state index in [0.29, 0.717) is 17.4 Å². The standard InChI is InChI=1S/C17H19N3O3/c1-2-3-10-19-16(22)14-15(21)12-7-4-5-8-13(12)20(17(14)23)11-6-9-18/h4-5,7-8,21H,2-3,6,10-11H2,1H3,(H,19,22). The molecule has 2 rings (SSSR count). The van der Waals surface area contributed by atoms with Gasteiger partial charge < -0.3 is 15.0 Å². The van der Waals surface area contributed by atoms with Crippen molar-refractivity contribution in [2.75, 3.05) is 6.54 Å². The molecule has 0 fully saturated rings. The average Bonchev–Trinajstić information content (AvgIpc) is 2.55.